The van der Waals surface area contributed by atoms with Crippen molar-refractivity contribution >= 4 is 0 Å². The van der Waals surface area contributed by atoms with E-state index in [-0.39, 0.29) is 0 Å². The summed E-state index contributed by atoms with van der Waals surface area (Å²) in [5.74, 6) is 0.671. The van der Waals surface area contributed by atoms with Gasteiger partial charge in [0.1, 0.15) is 11.9 Å². The quantitative estimate of drug-likeness (QED) is 0.855. The molecule has 1 saturated heterocycles. The summed E-state index contributed by atoms with van der Waals surface area (Å²) in [6.45, 7) is 5.16. The van der Waals surface area contributed by atoms with E-state index in [1.807, 2.05) is 12.1 Å². The van der Waals surface area contributed by atoms with Gasteiger partial charge in [-0.2, -0.15) is 0 Å². The molecule has 0 spiro atoms. The minimum atomic E-state index is -0.502. The van der Waals surface area contributed by atoms with Crippen molar-refractivity contribution in [2.24, 2.45) is 0 Å². The van der Waals surface area contributed by atoms with E-state index in [1.165, 1.54) is 19.3 Å². The molecule has 1 fully saturated rings. The Morgan fingerprint density at radius 1 is 1.44 bits per heavy atom. The minimum absolute atomic E-state index is 0.502. The molecule has 3 nitrogen and oxygen atoms in total. The van der Waals surface area contributed by atoms with Crippen molar-refractivity contribution in [3.63, 3.8) is 0 Å². The lowest BCUT2D eigenvalue weighted by Crippen LogP contribution is -2.45. The molecule has 1 aromatic heterocycles. The zero-order chi connectivity index (χ0) is 11.5. The van der Waals surface area contributed by atoms with Gasteiger partial charge in [0.05, 0.1) is 6.26 Å². The van der Waals surface area contributed by atoms with Crippen LogP contribution in [-0.4, -0.2) is 28.6 Å². The predicted molar refractivity (Wildman–Crippen MR) is 63.1 cm³/mol. The van der Waals surface area contributed by atoms with Gasteiger partial charge in [-0.15, -0.1) is 0 Å². The van der Waals surface area contributed by atoms with Gasteiger partial charge in [0.15, 0.2) is 0 Å². The number of aliphatic hydroxyl groups is 1. The molecule has 1 aliphatic heterocycles. The van der Waals surface area contributed by atoms with Crippen LogP contribution in [0.3, 0.4) is 0 Å². The zero-order valence-corrected chi connectivity index (χ0v) is 10.1. The molecule has 0 bridgehead atoms. The molecule has 0 aromatic carbocycles. The summed E-state index contributed by atoms with van der Waals surface area (Å²) < 4.78 is 5.23. The summed E-state index contributed by atoms with van der Waals surface area (Å²) in [5, 5.41) is 10.1. The van der Waals surface area contributed by atoms with Crippen LogP contribution in [0.5, 0.6) is 0 Å². The van der Waals surface area contributed by atoms with Crippen LogP contribution in [0.2, 0.25) is 0 Å². The summed E-state index contributed by atoms with van der Waals surface area (Å²) >= 11 is 0. The number of likely N-dealkylation sites (tertiary alicyclic amines) is 1. The van der Waals surface area contributed by atoms with E-state index in [1.54, 1.807) is 6.26 Å². The Balaban J connectivity index is 1.97. The predicted octanol–water partition coefficient (Wildman–Crippen LogP) is 2.58. The first-order chi connectivity index (χ1) is 7.68. The second kappa shape index (κ2) is 5.02. The Bertz CT molecular complexity index is 300. The summed E-state index contributed by atoms with van der Waals surface area (Å²) in [6.07, 6.45) is 4.87. The lowest BCUT2D eigenvalue weighted by Gasteiger charge is -2.39. The van der Waals surface area contributed by atoms with Crippen LogP contribution in [-0.2, 0) is 0 Å². The highest BCUT2D eigenvalue weighted by Gasteiger charge is 2.27. The second-order valence-electron chi connectivity index (χ2n) is 4.86. The molecule has 2 rings (SSSR count). The molecule has 2 heterocycles. The molecular weight excluding hydrogens is 202 g/mol. The van der Waals surface area contributed by atoms with Crippen LogP contribution < -0.4 is 0 Å². The smallest absolute Gasteiger partial charge is 0.133 e. The highest BCUT2D eigenvalue weighted by molar-refractivity contribution is 5.02. The Hall–Kier alpha value is -0.800. The molecule has 3 atom stereocenters. The maximum Gasteiger partial charge on any atom is 0.133 e. The van der Waals surface area contributed by atoms with Crippen molar-refractivity contribution in [2.45, 2.75) is 51.3 Å². The first-order valence-electron chi connectivity index (χ1n) is 6.15. The van der Waals surface area contributed by atoms with Gasteiger partial charge in [0.25, 0.3) is 0 Å². The number of nitrogens with zero attached hydrogens (tertiary/aromatic N) is 1. The van der Waals surface area contributed by atoms with E-state index in [0.29, 0.717) is 24.4 Å². The van der Waals surface area contributed by atoms with Gasteiger partial charge in [0.2, 0.25) is 0 Å². The SMILES string of the molecule is CC1CCCC(C)N1CC(O)c1ccco1. The summed E-state index contributed by atoms with van der Waals surface area (Å²) in [5.41, 5.74) is 0. The molecular formula is C13H21NO2. The summed E-state index contributed by atoms with van der Waals surface area (Å²) in [6, 6.07) is 4.78. The van der Waals surface area contributed by atoms with Crippen molar-refractivity contribution in [3.8, 4) is 0 Å². The highest BCUT2D eigenvalue weighted by Crippen LogP contribution is 2.25. The van der Waals surface area contributed by atoms with Crippen molar-refractivity contribution in [1.29, 1.82) is 0 Å². The van der Waals surface area contributed by atoms with Crippen LogP contribution in [0.1, 0.15) is 45.0 Å². The number of hydrogen-bond acceptors (Lipinski definition) is 3. The highest BCUT2D eigenvalue weighted by atomic mass is 16.4. The monoisotopic (exact) mass is 223 g/mol. The van der Waals surface area contributed by atoms with E-state index >= 15 is 0 Å². The fourth-order valence-electron chi connectivity index (χ4n) is 2.61. The van der Waals surface area contributed by atoms with Crippen LogP contribution in [0.4, 0.5) is 0 Å². The molecule has 3 unspecified atom stereocenters. The van der Waals surface area contributed by atoms with Crippen LogP contribution >= 0.6 is 0 Å². The number of furan rings is 1. The summed E-state index contributed by atoms with van der Waals surface area (Å²) in [7, 11) is 0. The van der Waals surface area contributed by atoms with E-state index in [2.05, 4.69) is 18.7 Å². The molecule has 3 heteroatoms. The number of aliphatic hydroxyl groups excluding tert-OH is 1. The van der Waals surface area contributed by atoms with E-state index in [0.717, 1.165) is 0 Å². The third kappa shape index (κ3) is 2.47. The fraction of sp³-hybridized carbons (Fsp3) is 0.692. The molecule has 0 amide bonds. The van der Waals surface area contributed by atoms with Gasteiger partial charge in [-0.3, -0.25) is 4.90 Å². The third-order valence-electron chi connectivity index (χ3n) is 3.63. The topological polar surface area (TPSA) is 36.6 Å². The van der Waals surface area contributed by atoms with E-state index in [9.17, 15) is 5.11 Å². The average molecular weight is 223 g/mol. The van der Waals surface area contributed by atoms with Crippen LogP contribution in [0.25, 0.3) is 0 Å². The second-order valence-corrected chi connectivity index (χ2v) is 4.86. The zero-order valence-electron chi connectivity index (χ0n) is 10.1. The van der Waals surface area contributed by atoms with Gasteiger partial charge in [-0.05, 0) is 38.8 Å². The van der Waals surface area contributed by atoms with E-state index < -0.39 is 6.10 Å². The lowest BCUT2D eigenvalue weighted by molar-refractivity contribution is 0.0323. The van der Waals surface area contributed by atoms with Gasteiger partial charge in [-0.1, -0.05) is 6.42 Å². The lowest BCUT2D eigenvalue weighted by atomic mass is 9.97. The molecule has 0 radical (unpaired) electrons. The normalized spacial score (nSPS) is 29.2. The maximum atomic E-state index is 10.1. The Labute approximate surface area is 97.1 Å². The molecule has 1 N–H and O–H groups in total. The molecule has 0 aliphatic carbocycles. The van der Waals surface area contributed by atoms with Gasteiger partial charge in [0, 0.05) is 18.6 Å². The Morgan fingerprint density at radius 2 is 2.12 bits per heavy atom. The molecule has 90 valence electrons. The number of piperidine rings is 1. The Morgan fingerprint density at radius 3 is 2.69 bits per heavy atom. The molecule has 16 heavy (non-hydrogen) atoms. The first-order valence-corrected chi connectivity index (χ1v) is 6.15. The van der Waals surface area contributed by atoms with E-state index in [4.69, 9.17) is 4.42 Å². The summed E-state index contributed by atoms with van der Waals surface area (Å²) in [4.78, 5) is 2.39. The standard InChI is InChI=1S/C13H21NO2/c1-10-5-3-6-11(2)14(10)9-12(15)13-7-4-8-16-13/h4,7-8,10-12,15H,3,5-6,9H2,1-2H3. The molecule has 1 aliphatic rings. The largest absolute Gasteiger partial charge is 0.467 e. The average Bonchev–Trinajstić information content (AvgIpc) is 2.76. The maximum absolute atomic E-state index is 10.1. The third-order valence-corrected chi connectivity index (χ3v) is 3.63. The van der Waals surface area contributed by atoms with Gasteiger partial charge in [-0.25, -0.2) is 0 Å². The van der Waals surface area contributed by atoms with Crippen molar-refractivity contribution in [1.82, 2.24) is 4.90 Å². The van der Waals surface area contributed by atoms with Crippen LogP contribution in [0, 0.1) is 0 Å². The van der Waals surface area contributed by atoms with Crippen molar-refractivity contribution in [2.75, 3.05) is 6.54 Å². The van der Waals surface area contributed by atoms with Gasteiger partial charge < -0.3 is 9.52 Å². The number of hydrogen-bond donors (Lipinski definition) is 1. The molecule has 1 aromatic rings. The number of β-amino-alcohol motifs (C(OH)–C–C–N with tert-alkyl or cyclic N) is 1. The molecule has 0 saturated carbocycles. The van der Waals surface area contributed by atoms with Crippen molar-refractivity contribution < 1.29 is 9.52 Å². The van der Waals surface area contributed by atoms with Gasteiger partial charge >= 0.3 is 0 Å². The number of rotatable bonds is 3. The van der Waals surface area contributed by atoms with Crippen LogP contribution in [0.15, 0.2) is 22.8 Å². The first kappa shape index (κ1) is 11.7. The van der Waals surface area contributed by atoms with Crippen molar-refractivity contribution in [3.05, 3.63) is 24.2 Å². The fourth-order valence-corrected chi connectivity index (χ4v) is 2.61. The minimum Gasteiger partial charge on any atom is -0.467 e. The Kier molecular flexibility index (Phi) is 3.66.